The maximum Gasteiger partial charge on any atom is 0.242 e. The standard InChI is InChI=1S/C15H23N3O3/c1-17(2)9-4-8-16-15(20)13-6-7-14(19)18(13)11-12-5-3-10-21-12/h3,5,10,13H,4,6-9,11H2,1-2H3,(H,16,20)/t13-/m0/s1. The van der Waals surface area contributed by atoms with Gasteiger partial charge in [-0.25, -0.2) is 0 Å². The van der Waals surface area contributed by atoms with E-state index < -0.39 is 0 Å². The summed E-state index contributed by atoms with van der Waals surface area (Å²) >= 11 is 0. The third kappa shape index (κ3) is 4.32. The summed E-state index contributed by atoms with van der Waals surface area (Å²) in [4.78, 5) is 27.8. The molecule has 2 amide bonds. The molecule has 116 valence electrons. The number of carbonyl (C=O) groups is 2. The highest BCUT2D eigenvalue weighted by Gasteiger charge is 2.36. The van der Waals surface area contributed by atoms with Crippen molar-refractivity contribution in [3.05, 3.63) is 24.2 Å². The zero-order valence-corrected chi connectivity index (χ0v) is 12.7. The molecule has 0 radical (unpaired) electrons. The van der Waals surface area contributed by atoms with Crippen molar-refractivity contribution in [1.82, 2.24) is 15.1 Å². The summed E-state index contributed by atoms with van der Waals surface area (Å²) in [7, 11) is 4.01. The summed E-state index contributed by atoms with van der Waals surface area (Å²) in [5.74, 6) is 0.654. The van der Waals surface area contributed by atoms with Crippen LogP contribution in [0.25, 0.3) is 0 Å². The largest absolute Gasteiger partial charge is 0.467 e. The van der Waals surface area contributed by atoms with E-state index in [2.05, 4.69) is 10.2 Å². The summed E-state index contributed by atoms with van der Waals surface area (Å²) in [6.07, 6.45) is 3.49. The average molecular weight is 293 g/mol. The predicted octanol–water partition coefficient (Wildman–Crippen LogP) is 0.839. The summed E-state index contributed by atoms with van der Waals surface area (Å²) in [5, 5.41) is 2.92. The van der Waals surface area contributed by atoms with Gasteiger partial charge < -0.3 is 19.5 Å². The number of hydrogen-bond acceptors (Lipinski definition) is 4. The molecule has 1 N–H and O–H groups in total. The van der Waals surface area contributed by atoms with Crippen molar-refractivity contribution in [2.75, 3.05) is 27.2 Å². The van der Waals surface area contributed by atoms with Gasteiger partial charge in [-0.1, -0.05) is 0 Å². The van der Waals surface area contributed by atoms with Gasteiger partial charge in [0, 0.05) is 13.0 Å². The van der Waals surface area contributed by atoms with Gasteiger partial charge in [-0.3, -0.25) is 9.59 Å². The van der Waals surface area contributed by atoms with E-state index in [1.807, 2.05) is 20.2 Å². The molecule has 0 spiro atoms. The van der Waals surface area contributed by atoms with Crippen LogP contribution in [0.15, 0.2) is 22.8 Å². The molecule has 21 heavy (non-hydrogen) atoms. The highest BCUT2D eigenvalue weighted by atomic mass is 16.3. The van der Waals surface area contributed by atoms with Crippen LogP contribution in [-0.2, 0) is 16.1 Å². The summed E-state index contributed by atoms with van der Waals surface area (Å²) in [6, 6.07) is 3.23. The minimum Gasteiger partial charge on any atom is -0.467 e. The predicted molar refractivity (Wildman–Crippen MR) is 78.5 cm³/mol. The van der Waals surface area contributed by atoms with E-state index in [1.54, 1.807) is 17.2 Å². The third-order valence-electron chi connectivity index (χ3n) is 3.62. The maximum atomic E-state index is 12.2. The van der Waals surface area contributed by atoms with Crippen LogP contribution in [0, 0.1) is 0 Å². The minimum atomic E-state index is -0.373. The van der Waals surface area contributed by atoms with Crippen LogP contribution in [0.5, 0.6) is 0 Å². The Morgan fingerprint density at radius 1 is 1.52 bits per heavy atom. The van der Waals surface area contributed by atoms with Crippen LogP contribution in [0.4, 0.5) is 0 Å². The van der Waals surface area contributed by atoms with E-state index in [-0.39, 0.29) is 17.9 Å². The lowest BCUT2D eigenvalue weighted by Gasteiger charge is -2.23. The van der Waals surface area contributed by atoms with Gasteiger partial charge in [-0.2, -0.15) is 0 Å². The molecule has 1 aliphatic heterocycles. The van der Waals surface area contributed by atoms with Crippen LogP contribution in [-0.4, -0.2) is 54.8 Å². The molecule has 1 atom stereocenters. The van der Waals surface area contributed by atoms with E-state index in [0.717, 1.165) is 13.0 Å². The quantitative estimate of drug-likeness (QED) is 0.757. The topological polar surface area (TPSA) is 65.8 Å². The van der Waals surface area contributed by atoms with Crippen LogP contribution in [0.3, 0.4) is 0 Å². The molecule has 0 unspecified atom stereocenters. The van der Waals surface area contributed by atoms with Gasteiger partial charge in [-0.15, -0.1) is 0 Å². The first-order valence-electron chi connectivity index (χ1n) is 7.32. The normalized spacial score (nSPS) is 18.5. The first kappa shape index (κ1) is 15.6. The SMILES string of the molecule is CN(C)CCCNC(=O)[C@@H]1CCC(=O)N1Cc1ccco1. The van der Waals surface area contributed by atoms with Gasteiger partial charge in [0.1, 0.15) is 11.8 Å². The van der Waals surface area contributed by atoms with Gasteiger partial charge in [0.05, 0.1) is 12.8 Å². The molecular formula is C15H23N3O3. The van der Waals surface area contributed by atoms with Crippen LogP contribution in [0.1, 0.15) is 25.0 Å². The Balaban J connectivity index is 1.85. The third-order valence-corrected chi connectivity index (χ3v) is 3.62. The molecular weight excluding hydrogens is 270 g/mol. The second-order valence-corrected chi connectivity index (χ2v) is 5.60. The van der Waals surface area contributed by atoms with Crippen LogP contribution >= 0.6 is 0 Å². The molecule has 0 bridgehead atoms. The van der Waals surface area contributed by atoms with E-state index in [1.165, 1.54) is 0 Å². The second kappa shape index (κ2) is 7.26. The Labute approximate surface area is 125 Å². The summed E-state index contributed by atoms with van der Waals surface area (Å²) in [5.41, 5.74) is 0. The molecule has 2 rings (SSSR count). The molecule has 1 aromatic heterocycles. The van der Waals surface area contributed by atoms with E-state index >= 15 is 0 Å². The van der Waals surface area contributed by atoms with Crippen molar-refractivity contribution in [1.29, 1.82) is 0 Å². The lowest BCUT2D eigenvalue weighted by Crippen LogP contribution is -2.44. The minimum absolute atomic E-state index is 0.0137. The van der Waals surface area contributed by atoms with Crippen LogP contribution < -0.4 is 5.32 Å². The van der Waals surface area contributed by atoms with Gasteiger partial charge in [0.2, 0.25) is 11.8 Å². The Kier molecular flexibility index (Phi) is 5.38. The average Bonchev–Trinajstić information content (AvgIpc) is 3.06. The molecule has 0 saturated carbocycles. The Bertz CT molecular complexity index is 471. The number of carbonyl (C=O) groups excluding carboxylic acids is 2. The van der Waals surface area contributed by atoms with Crippen molar-refractivity contribution in [2.24, 2.45) is 0 Å². The molecule has 6 heteroatoms. The number of rotatable bonds is 7. The molecule has 1 fully saturated rings. The van der Waals surface area contributed by atoms with E-state index in [0.29, 0.717) is 31.7 Å². The van der Waals surface area contributed by atoms with Crippen molar-refractivity contribution in [2.45, 2.75) is 31.8 Å². The van der Waals surface area contributed by atoms with E-state index in [9.17, 15) is 9.59 Å². The zero-order chi connectivity index (χ0) is 15.2. The first-order chi connectivity index (χ1) is 10.1. The molecule has 0 aromatic carbocycles. The van der Waals surface area contributed by atoms with Crippen molar-refractivity contribution < 1.29 is 14.0 Å². The first-order valence-corrected chi connectivity index (χ1v) is 7.32. The lowest BCUT2D eigenvalue weighted by atomic mass is 10.2. The lowest BCUT2D eigenvalue weighted by molar-refractivity contribution is -0.136. The fourth-order valence-corrected chi connectivity index (χ4v) is 2.50. The number of nitrogens with zero attached hydrogens (tertiary/aromatic N) is 2. The number of amides is 2. The monoisotopic (exact) mass is 293 g/mol. The molecule has 6 nitrogen and oxygen atoms in total. The fraction of sp³-hybridized carbons (Fsp3) is 0.600. The van der Waals surface area contributed by atoms with Gasteiger partial charge in [-0.05, 0) is 45.6 Å². The second-order valence-electron chi connectivity index (χ2n) is 5.60. The van der Waals surface area contributed by atoms with Crippen molar-refractivity contribution in [3.8, 4) is 0 Å². The summed E-state index contributed by atoms with van der Waals surface area (Å²) < 4.78 is 5.27. The fourth-order valence-electron chi connectivity index (χ4n) is 2.50. The number of hydrogen-bond donors (Lipinski definition) is 1. The highest BCUT2D eigenvalue weighted by Crippen LogP contribution is 2.21. The Morgan fingerprint density at radius 3 is 3.00 bits per heavy atom. The Hall–Kier alpha value is -1.82. The van der Waals surface area contributed by atoms with Gasteiger partial charge >= 0.3 is 0 Å². The summed E-state index contributed by atoms with van der Waals surface area (Å²) in [6.45, 7) is 1.93. The number of furan rings is 1. The van der Waals surface area contributed by atoms with Crippen molar-refractivity contribution in [3.63, 3.8) is 0 Å². The Morgan fingerprint density at radius 2 is 2.33 bits per heavy atom. The molecule has 2 heterocycles. The van der Waals surface area contributed by atoms with Crippen LogP contribution in [0.2, 0.25) is 0 Å². The molecule has 1 aliphatic rings. The number of nitrogens with one attached hydrogen (secondary N) is 1. The zero-order valence-electron chi connectivity index (χ0n) is 12.7. The smallest absolute Gasteiger partial charge is 0.242 e. The highest BCUT2D eigenvalue weighted by molar-refractivity contribution is 5.90. The van der Waals surface area contributed by atoms with Gasteiger partial charge in [0.15, 0.2) is 0 Å². The molecule has 1 saturated heterocycles. The molecule has 0 aliphatic carbocycles. The van der Waals surface area contributed by atoms with Gasteiger partial charge in [0.25, 0.3) is 0 Å². The molecule has 1 aromatic rings. The maximum absolute atomic E-state index is 12.2. The van der Waals surface area contributed by atoms with Crippen molar-refractivity contribution >= 4 is 11.8 Å². The number of likely N-dealkylation sites (tertiary alicyclic amines) is 1. The van der Waals surface area contributed by atoms with E-state index in [4.69, 9.17) is 4.42 Å².